The molecule has 1 heterocycles. The van der Waals surface area contributed by atoms with Crippen molar-refractivity contribution < 1.29 is 8.42 Å². The molecule has 1 aromatic rings. The molecule has 1 saturated carbocycles. The fourth-order valence-electron chi connectivity index (χ4n) is 3.92. The molecule has 2 rings (SSSR count). The molecular weight excluding hydrogens is 396 g/mol. The first-order valence-corrected chi connectivity index (χ1v) is 12.9. The van der Waals surface area contributed by atoms with Crippen LogP contribution in [0.5, 0.6) is 0 Å². The summed E-state index contributed by atoms with van der Waals surface area (Å²) in [5, 5.41) is 6.71. The van der Waals surface area contributed by atoms with E-state index < -0.39 is 10.0 Å². The third-order valence-electron chi connectivity index (χ3n) is 6.07. The first-order valence-electron chi connectivity index (χ1n) is 11.3. The maximum Gasteiger partial charge on any atom is 0.211 e. The van der Waals surface area contributed by atoms with Crippen molar-refractivity contribution in [1.82, 2.24) is 9.71 Å². The van der Waals surface area contributed by atoms with Crippen molar-refractivity contribution in [3.63, 3.8) is 0 Å². The highest BCUT2D eigenvalue weighted by Crippen LogP contribution is 2.43. The van der Waals surface area contributed by atoms with Gasteiger partial charge < -0.3 is 10.6 Å². The summed E-state index contributed by atoms with van der Waals surface area (Å²) in [6.45, 7) is 13.8. The molecule has 1 aromatic heterocycles. The van der Waals surface area contributed by atoms with Gasteiger partial charge in [0.05, 0.1) is 11.4 Å². The fraction of sp³-hybridized carbons (Fsp3) is 0.783. The molecule has 6 nitrogen and oxygen atoms in total. The second-order valence-electron chi connectivity index (χ2n) is 10.6. The summed E-state index contributed by atoms with van der Waals surface area (Å²) in [5.41, 5.74) is 2.16. The highest BCUT2D eigenvalue weighted by Gasteiger charge is 2.39. The second kappa shape index (κ2) is 9.86. The molecule has 0 bridgehead atoms. The van der Waals surface area contributed by atoms with E-state index in [1.165, 1.54) is 0 Å². The molecule has 1 aliphatic rings. The molecule has 3 N–H and O–H groups in total. The molecule has 1 fully saturated rings. The number of aromatic nitrogens is 1. The number of rotatable bonds is 9. The third kappa shape index (κ3) is 7.12. The lowest BCUT2D eigenvalue weighted by atomic mass is 9.69. The number of sulfonamides is 1. The van der Waals surface area contributed by atoms with Gasteiger partial charge in [0.2, 0.25) is 10.0 Å². The lowest BCUT2D eigenvalue weighted by molar-refractivity contribution is 0.170. The van der Waals surface area contributed by atoms with Crippen LogP contribution in [0.25, 0.3) is 0 Å². The van der Waals surface area contributed by atoms with Crippen LogP contribution < -0.4 is 15.4 Å². The summed E-state index contributed by atoms with van der Waals surface area (Å²) in [6.07, 6.45) is 4.35. The Morgan fingerprint density at radius 3 is 2.53 bits per heavy atom. The van der Waals surface area contributed by atoms with Crippen molar-refractivity contribution in [2.75, 3.05) is 30.0 Å². The zero-order valence-electron chi connectivity index (χ0n) is 19.9. The zero-order chi connectivity index (χ0) is 22.6. The van der Waals surface area contributed by atoms with Crippen LogP contribution >= 0.6 is 0 Å². The molecule has 2 unspecified atom stereocenters. The summed E-state index contributed by atoms with van der Waals surface area (Å²) in [4.78, 5) is 4.89. The van der Waals surface area contributed by atoms with Gasteiger partial charge in [0.1, 0.15) is 5.82 Å². The molecule has 0 aromatic carbocycles. The van der Waals surface area contributed by atoms with Crippen molar-refractivity contribution in [3.8, 4) is 0 Å². The quantitative estimate of drug-likeness (QED) is 0.507. The molecule has 1 aliphatic carbocycles. The molecule has 172 valence electrons. The van der Waals surface area contributed by atoms with Gasteiger partial charge in [-0.15, -0.1) is 0 Å². The minimum atomic E-state index is -3.25. The smallest absolute Gasteiger partial charge is 0.211 e. The summed E-state index contributed by atoms with van der Waals surface area (Å²) < 4.78 is 28.1. The molecule has 30 heavy (non-hydrogen) atoms. The Bertz CT molecular complexity index is 800. The van der Waals surface area contributed by atoms with Crippen molar-refractivity contribution in [2.24, 2.45) is 10.8 Å². The van der Waals surface area contributed by atoms with Crippen LogP contribution in [0, 0.1) is 10.8 Å². The van der Waals surface area contributed by atoms with Crippen LogP contribution in [0.15, 0.2) is 12.1 Å². The molecule has 0 aliphatic heterocycles. The average molecular weight is 439 g/mol. The number of hydrogen-bond acceptors (Lipinski definition) is 5. The maximum absolute atomic E-state index is 12.5. The van der Waals surface area contributed by atoms with E-state index >= 15 is 0 Å². The van der Waals surface area contributed by atoms with Crippen LogP contribution in [0.1, 0.15) is 85.3 Å². The highest BCUT2D eigenvalue weighted by molar-refractivity contribution is 7.89. The lowest BCUT2D eigenvalue weighted by Gasteiger charge is -2.42. The van der Waals surface area contributed by atoms with Gasteiger partial charge in [0, 0.05) is 31.2 Å². The van der Waals surface area contributed by atoms with E-state index in [-0.39, 0.29) is 28.5 Å². The minimum absolute atomic E-state index is 0.0597. The van der Waals surface area contributed by atoms with Crippen LogP contribution in [-0.2, 0) is 10.0 Å². The van der Waals surface area contributed by atoms with Crippen LogP contribution in [0.2, 0.25) is 0 Å². The summed E-state index contributed by atoms with van der Waals surface area (Å²) >= 11 is 0. The second-order valence-corrected chi connectivity index (χ2v) is 12.5. The Kier molecular flexibility index (Phi) is 8.19. The van der Waals surface area contributed by atoms with E-state index in [9.17, 15) is 8.42 Å². The average Bonchev–Trinajstić information content (AvgIpc) is 2.65. The molecule has 0 spiro atoms. The van der Waals surface area contributed by atoms with Crippen molar-refractivity contribution in [1.29, 1.82) is 0 Å². The van der Waals surface area contributed by atoms with E-state index in [1.807, 2.05) is 14.0 Å². The summed E-state index contributed by atoms with van der Waals surface area (Å²) in [6, 6.07) is 4.12. The van der Waals surface area contributed by atoms with Gasteiger partial charge in [-0.05, 0) is 48.6 Å². The predicted octanol–water partition coefficient (Wildman–Crippen LogP) is 4.96. The van der Waals surface area contributed by atoms with Crippen molar-refractivity contribution in [3.05, 3.63) is 17.8 Å². The van der Waals surface area contributed by atoms with Gasteiger partial charge >= 0.3 is 0 Å². The lowest BCUT2D eigenvalue weighted by Crippen LogP contribution is -2.49. The Morgan fingerprint density at radius 1 is 1.23 bits per heavy atom. The third-order valence-corrected chi connectivity index (χ3v) is 7.54. The molecular formula is C23H42N4O2S. The van der Waals surface area contributed by atoms with E-state index in [0.29, 0.717) is 6.42 Å². The minimum Gasteiger partial charge on any atom is -0.382 e. The maximum atomic E-state index is 12.5. The molecule has 0 radical (unpaired) electrons. The van der Waals surface area contributed by atoms with E-state index in [0.717, 1.165) is 49.4 Å². The Balaban J connectivity index is 2.17. The monoisotopic (exact) mass is 438 g/mol. The van der Waals surface area contributed by atoms with Crippen LogP contribution in [-0.4, -0.2) is 38.8 Å². The van der Waals surface area contributed by atoms with Gasteiger partial charge in [0.15, 0.2) is 0 Å². The SMILES string of the molecule is CCCCS(=O)(=O)NC1CC(c2ccc(NCC(C)(C)C)c(NC)n2)CCC1(C)C. The predicted molar refractivity (Wildman–Crippen MR) is 128 cm³/mol. The summed E-state index contributed by atoms with van der Waals surface area (Å²) in [5.74, 6) is 1.30. The van der Waals surface area contributed by atoms with Crippen molar-refractivity contribution >= 4 is 21.5 Å². The molecule has 0 saturated heterocycles. The highest BCUT2D eigenvalue weighted by atomic mass is 32.2. The number of unbranched alkanes of at least 4 members (excludes halogenated alkanes) is 1. The molecule has 2 atom stereocenters. The van der Waals surface area contributed by atoms with Crippen molar-refractivity contribution in [2.45, 2.75) is 85.6 Å². The van der Waals surface area contributed by atoms with E-state index in [4.69, 9.17) is 4.98 Å². The van der Waals surface area contributed by atoms with Crippen LogP contribution in [0.3, 0.4) is 0 Å². The number of nitrogens with one attached hydrogen (secondary N) is 3. The largest absolute Gasteiger partial charge is 0.382 e. The van der Waals surface area contributed by atoms with Gasteiger partial charge in [-0.1, -0.05) is 48.0 Å². The number of nitrogens with zero attached hydrogens (tertiary/aromatic N) is 1. The van der Waals surface area contributed by atoms with E-state index in [2.05, 4.69) is 62.1 Å². The number of anilines is 2. The number of pyridine rings is 1. The van der Waals surface area contributed by atoms with Crippen LogP contribution in [0.4, 0.5) is 11.5 Å². The zero-order valence-corrected chi connectivity index (χ0v) is 20.7. The number of hydrogen-bond donors (Lipinski definition) is 3. The summed E-state index contributed by atoms with van der Waals surface area (Å²) in [7, 11) is -1.36. The van der Waals surface area contributed by atoms with Gasteiger partial charge in [-0.2, -0.15) is 0 Å². The Labute approximate surface area is 184 Å². The standard InChI is InChI=1S/C23H42N4O2S/c1-8-9-14-30(28,29)27-20-15-17(12-13-23(20,5)6)18-10-11-19(21(24-7)26-18)25-16-22(2,3)4/h10-11,17,20,25,27H,8-9,12-16H2,1-7H3,(H,24,26). The van der Waals surface area contributed by atoms with Gasteiger partial charge in [0.25, 0.3) is 0 Å². The fourth-order valence-corrected chi connectivity index (χ4v) is 5.56. The molecule has 0 amide bonds. The first kappa shape index (κ1) is 24.9. The van der Waals surface area contributed by atoms with E-state index in [1.54, 1.807) is 0 Å². The van der Waals surface area contributed by atoms with Gasteiger partial charge in [-0.25, -0.2) is 18.1 Å². The Morgan fingerprint density at radius 2 is 1.93 bits per heavy atom. The normalized spacial score (nSPS) is 22.0. The van der Waals surface area contributed by atoms with Gasteiger partial charge in [-0.3, -0.25) is 0 Å². The Hall–Kier alpha value is -1.34. The molecule has 7 heteroatoms. The first-order chi connectivity index (χ1) is 13.9. The topological polar surface area (TPSA) is 83.1 Å².